The lowest BCUT2D eigenvalue weighted by Gasteiger charge is -2.21. The molecular weight excluding hydrogens is 312 g/mol. The molecule has 0 unspecified atom stereocenters. The predicted octanol–water partition coefficient (Wildman–Crippen LogP) is 4.01. The number of carboxylic acids is 1. The molecule has 0 fully saturated rings. The zero-order chi connectivity index (χ0) is 12.5. The first-order valence-electron chi connectivity index (χ1n) is 4.62. The molecule has 0 heterocycles. The van der Waals surface area contributed by atoms with Crippen LogP contribution in [-0.2, 0) is 0 Å². The Morgan fingerprint density at radius 1 is 1.44 bits per heavy atom. The Morgan fingerprint density at radius 3 is 2.44 bits per heavy atom. The summed E-state index contributed by atoms with van der Waals surface area (Å²) in [4.78, 5) is 11.1. The van der Waals surface area contributed by atoms with Crippen LogP contribution in [0.4, 0.5) is 0 Å². The van der Waals surface area contributed by atoms with Crippen molar-refractivity contribution in [2.24, 2.45) is 0 Å². The quantitative estimate of drug-likeness (QED) is 0.855. The van der Waals surface area contributed by atoms with Gasteiger partial charge in [-0.15, -0.1) is 0 Å². The molecule has 0 aliphatic carbocycles. The first-order valence-corrected chi connectivity index (χ1v) is 9.20. The van der Waals surface area contributed by atoms with E-state index < -0.39 is 14.3 Å². The molecule has 6 heteroatoms. The second-order valence-corrected chi connectivity index (χ2v) is 10.0. The van der Waals surface area contributed by atoms with Crippen LogP contribution >= 0.6 is 27.5 Å². The fraction of sp³-hybridized carbons (Fsp3) is 0.300. The molecule has 0 bridgehead atoms. The highest BCUT2D eigenvalue weighted by Crippen LogP contribution is 2.34. The van der Waals surface area contributed by atoms with Gasteiger partial charge < -0.3 is 9.53 Å². The van der Waals surface area contributed by atoms with Gasteiger partial charge in [0.1, 0.15) is 11.3 Å². The van der Waals surface area contributed by atoms with Crippen molar-refractivity contribution in [3.63, 3.8) is 0 Å². The third kappa shape index (κ3) is 3.50. The predicted molar refractivity (Wildman–Crippen MR) is 70.1 cm³/mol. The van der Waals surface area contributed by atoms with E-state index in [9.17, 15) is 4.79 Å². The normalized spacial score (nSPS) is 11.3. The zero-order valence-corrected chi connectivity index (χ0v) is 12.5. The maximum Gasteiger partial charge on any atom is 0.339 e. The van der Waals surface area contributed by atoms with Gasteiger partial charge in [-0.25, -0.2) is 4.79 Å². The summed E-state index contributed by atoms with van der Waals surface area (Å²) in [6.07, 6.45) is 0. The minimum atomic E-state index is -1.86. The van der Waals surface area contributed by atoms with Crippen LogP contribution in [0.15, 0.2) is 16.6 Å². The molecule has 0 aromatic heterocycles. The maximum absolute atomic E-state index is 11.1. The standard InChI is InChI=1S/C10H12BrClO3Si/c1-16(2,3)15-9-7(10(13)14)4-6(12)5-8(9)11/h4-5H,1-3H3,(H,13,14). The number of carbonyl (C=O) groups is 1. The van der Waals surface area contributed by atoms with Crippen molar-refractivity contribution < 1.29 is 14.3 Å². The first kappa shape index (κ1) is 13.5. The van der Waals surface area contributed by atoms with E-state index in [0.717, 1.165) is 0 Å². The van der Waals surface area contributed by atoms with Crippen LogP contribution in [0.3, 0.4) is 0 Å². The minimum absolute atomic E-state index is 0.0850. The summed E-state index contributed by atoms with van der Waals surface area (Å²) in [6.45, 7) is 5.96. The molecular formula is C10H12BrClO3Si. The Labute approximate surface area is 109 Å². The van der Waals surface area contributed by atoms with Crippen LogP contribution in [0.25, 0.3) is 0 Å². The van der Waals surface area contributed by atoms with Gasteiger partial charge >= 0.3 is 5.97 Å². The maximum atomic E-state index is 11.1. The molecule has 1 aromatic rings. The fourth-order valence-corrected chi connectivity index (χ4v) is 3.00. The van der Waals surface area contributed by atoms with Crippen LogP contribution in [-0.4, -0.2) is 19.4 Å². The number of hydrogen-bond donors (Lipinski definition) is 1. The first-order chi connectivity index (χ1) is 7.20. The molecule has 16 heavy (non-hydrogen) atoms. The molecule has 0 radical (unpaired) electrons. The summed E-state index contributed by atoms with van der Waals surface area (Å²) < 4.78 is 6.30. The molecule has 0 aliphatic rings. The molecule has 0 saturated carbocycles. The van der Waals surface area contributed by atoms with Crippen molar-refractivity contribution >= 4 is 41.8 Å². The van der Waals surface area contributed by atoms with Crippen LogP contribution in [0.1, 0.15) is 10.4 Å². The van der Waals surface area contributed by atoms with Crippen molar-refractivity contribution in [2.45, 2.75) is 19.6 Å². The summed E-state index contributed by atoms with van der Waals surface area (Å²) in [5.74, 6) is -0.687. The lowest BCUT2D eigenvalue weighted by atomic mass is 10.2. The fourth-order valence-electron chi connectivity index (χ4n) is 1.13. The van der Waals surface area contributed by atoms with Crippen LogP contribution in [0.2, 0.25) is 24.7 Å². The SMILES string of the molecule is C[Si](C)(C)Oc1c(Br)cc(Cl)cc1C(=O)O. The minimum Gasteiger partial charge on any atom is -0.543 e. The van der Waals surface area contributed by atoms with Gasteiger partial charge in [0.2, 0.25) is 8.32 Å². The molecule has 0 amide bonds. The van der Waals surface area contributed by atoms with Crippen molar-refractivity contribution in [2.75, 3.05) is 0 Å². The van der Waals surface area contributed by atoms with E-state index in [2.05, 4.69) is 15.9 Å². The van der Waals surface area contributed by atoms with Gasteiger partial charge in [-0.2, -0.15) is 0 Å². The van der Waals surface area contributed by atoms with Crippen LogP contribution in [0, 0.1) is 0 Å². The number of rotatable bonds is 3. The number of benzene rings is 1. The Morgan fingerprint density at radius 2 is 2.00 bits per heavy atom. The average Bonchev–Trinajstić information content (AvgIpc) is 2.07. The lowest BCUT2D eigenvalue weighted by Crippen LogP contribution is -2.30. The molecule has 0 saturated heterocycles. The lowest BCUT2D eigenvalue weighted by molar-refractivity contribution is 0.0694. The van der Waals surface area contributed by atoms with Gasteiger partial charge in [0.05, 0.1) is 4.47 Å². The van der Waals surface area contributed by atoms with Gasteiger partial charge in [-0.3, -0.25) is 0 Å². The summed E-state index contributed by atoms with van der Waals surface area (Å²) >= 11 is 9.07. The molecule has 0 spiro atoms. The average molecular weight is 324 g/mol. The third-order valence-electron chi connectivity index (χ3n) is 1.65. The van der Waals surface area contributed by atoms with E-state index in [1.165, 1.54) is 6.07 Å². The Kier molecular flexibility index (Phi) is 4.04. The Balaban J connectivity index is 3.30. The van der Waals surface area contributed by atoms with Crippen molar-refractivity contribution in [3.05, 3.63) is 27.2 Å². The Hall–Kier alpha value is -0.523. The van der Waals surface area contributed by atoms with E-state index in [1.54, 1.807) is 6.07 Å². The highest BCUT2D eigenvalue weighted by atomic mass is 79.9. The smallest absolute Gasteiger partial charge is 0.339 e. The summed E-state index contributed by atoms with van der Waals surface area (Å²) in [7, 11) is -1.86. The summed E-state index contributed by atoms with van der Waals surface area (Å²) in [5.41, 5.74) is 0.0850. The van der Waals surface area contributed by atoms with Gasteiger partial charge in [0.25, 0.3) is 0 Å². The van der Waals surface area contributed by atoms with Crippen LogP contribution in [0.5, 0.6) is 5.75 Å². The highest BCUT2D eigenvalue weighted by Gasteiger charge is 2.23. The summed E-state index contributed by atoms with van der Waals surface area (Å²) in [5, 5.41) is 9.44. The molecule has 1 rings (SSSR count). The van der Waals surface area contributed by atoms with Crippen LogP contribution < -0.4 is 4.43 Å². The van der Waals surface area contributed by atoms with Gasteiger partial charge in [0, 0.05) is 5.02 Å². The van der Waals surface area contributed by atoms with E-state index in [1.807, 2.05) is 19.6 Å². The van der Waals surface area contributed by atoms with E-state index in [0.29, 0.717) is 15.2 Å². The number of hydrogen-bond acceptors (Lipinski definition) is 2. The molecule has 1 N–H and O–H groups in total. The number of halogens is 2. The molecule has 3 nitrogen and oxygen atoms in total. The molecule has 0 aliphatic heterocycles. The van der Waals surface area contributed by atoms with Gasteiger partial charge in [-0.1, -0.05) is 11.6 Å². The highest BCUT2D eigenvalue weighted by molar-refractivity contribution is 9.10. The Bertz CT molecular complexity index is 429. The number of aromatic carboxylic acids is 1. The van der Waals surface area contributed by atoms with Gasteiger partial charge in [-0.05, 0) is 47.7 Å². The zero-order valence-electron chi connectivity index (χ0n) is 9.17. The second-order valence-electron chi connectivity index (χ2n) is 4.28. The van der Waals surface area contributed by atoms with Gasteiger partial charge in [0.15, 0.2) is 0 Å². The second kappa shape index (κ2) is 4.77. The van der Waals surface area contributed by atoms with E-state index in [-0.39, 0.29) is 5.56 Å². The van der Waals surface area contributed by atoms with Crippen molar-refractivity contribution in [1.29, 1.82) is 0 Å². The van der Waals surface area contributed by atoms with Crippen molar-refractivity contribution in [1.82, 2.24) is 0 Å². The third-order valence-corrected chi connectivity index (χ3v) is 3.27. The van der Waals surface area contributed by atoms with Crippen molar-refractivity contribution in [3.8, 4) is 5.75 Å². The monoisotopic (exact) mass is 322 g/mol. The molecule has 88 valence electrons. The largest absolute Gasteiger partial charge is 0.543 e. The number of carboxylic acid groups (broad SMARTS) is 1. The molecule has 0 atom stereocenters. The summed E-state index contributed by atoms with van der Waals surface area (Å²) in [6, 6.07) is 3.02. The topological polar surface area (TPSA) is 46.5 Å². The van der Waals surface area contributed by atoms with E-state index >= 15 is 0 Å². The van der Waals surface area contributed by atoms with E-state index in [4.69, 9.17) is 21.1 Å². The molecule has 1 aromatic carbocycles.